The molecule has 72 valence electrons. The van der Waals surface area contributed by atoms with E-state index >= 15 is 0 Å². The van der Waals surface area contributed by atoms with E-state index in [0.29, 0.717) is 0 Å². The quantitative estimate of drug-likeness (QED) is 0.737. The van der Waals surface area contributed by atoms with Crippen molar-refractivity contribution in [3.63, 3.8) is 0 Å². The first-order chi connectivity index (χ1) is 6.09. The zero-order valence-corrected chi connectivity index (χ0v) is 9.19. The van der Waals surface area contributed by atoms with Crippen LogP contribution in [0, 0.1) is 0 Å². The van der Waals surface area contributed by atoms with Crippen molar-refractivity contribution in [3.05, 3.63) is 23.1 Å². The molecule has 0 saturated carbocycles. The number of nitrogens with zero attached hydrogens (tertiary/aromatic N) is 1. The standard InChI is InChI=1S/C10H16N2S/c1-4-8(5-2)9-12-10(3,11)6-7-13-9/h4,6-7H,5,11H2,1-3H3/b8-4+. The van der Waals surface area contributed by atoms with Crippen molar-refractivity contribution in [3.8, 4) is 0 Å². The van der Waals surface area contributed by atoms with Gasteiger partial charge < -0.3 is 5.73 Å². The summed E-state index contributed by atoms with van der Waals surface area (Å²) < 4.78 is 0. The van der Waals surface area contributed by atoms with Gasteiger partial charge in [0.25, 0.3) is 0 Å². The summed E-state index contributed by atoms with van der Waals surface area (Å²) in [7, 11) is 0. The van der Waals surface area contributed by atoms with Crippen LogP contribution in [0.1, 0.15) is 27.2 Å². The van der Waals surface area contributed by atoms with Crippen LogP contribution in [-0.4, -0.2) is 10.7 Å². The maximum Gasteiger partial charge on any atom is 0.126 e. The normalized spacial score (nSPS) is 28.9. The molecule has 1 rings (SSSR count). The van der Waals surface area contributed by atoms with Crippen molar-refractivity contribution < 1.29 is 0 Å². The molecule has 1 unspecified atom stereocenters. The molecule has 0 saturated heterocycles. The van der Waals surface area contributed by atoms with E-state index < -0.39 is 5.66 Å². The van der Waals surface area contributed by atoms with Crippen LogP contribution in [0.3, 0.4) is 0 Å². The lowest BCUT2D eigenvalue weighted by atomic mass is 10.2. The van der Waals surface area contributed by atoms with E-state index in [1.807, 2.05) is 25.3 Å². The summed E-state index contributed by atoms with van der Waals surface area (Å²) in [5.41, 5.74) is 6.65. The first-order valence-electron chi connectivity index (χ1n) is 4.47. The van der Waals surface area contributed by atoms with E-state index in [1.54, 1.807) is 11.8 Å². The SMILES string of the molecule is C/C=C(\CC)C1=NC(C)(N)C=CS1. The number of thioether (sulfide) groups is 1. The van der Waals surface area contributed by atoms with E-state index in [-0.39, 0.29) is 0 Å². The van der Waals surface area contributed by atoms with Gasteiger partial charge >= 0.3 is 0 Å². The minimum Gasteiger partial charge on any atom is -0.304 e. The summed E-state index contributed by atoms with van der Waals surface area (Å²) in [5, 5.41) is 3.07. The molecule has 3 heteroatoms. The Morgan fingerprint density at radius 2 is 2.46 bits per heavy atom. The van der Waals surface area contributed by atoms with Gasteiger partial charge in [-0.2, -0.15) is 0 Å². The molecule has 0 aromatic carbocycles. The zero-order valence-electron chi connectivity index (χ0n) is 8.37. The van der Waals surface area contributed by atoms with Gasteiger partial charge in [-0.1, -0.05) is 24.8 Å². The molecule has 2 N–H and O–H groups in total. The number of hydrogen-bond acceptors (Lipinski definition) is 3. The Balaban J connectivity index is 2.89. The van der Waals surface area contributed by atoms with Gasteiger partial charge in [0.05, 0.1) is 0 Å². The summed E-state index contributed by atoms with van der Waals surface area (Å²) in [5.74, 6) is 0. The monoisotopic (exact) mass is 196 g/mol. The highest BCUT2D eigenvalue weighted by Gasteiger charge is 2.18. The van der Waals surface area contributed by atoms with Gasteiger partial charge in [0.1, 0.15) is 10.7 Å². The third-order valence-electron chi connectivity index (χ3n) is 1.93. The first kappa shape index (κ1) is 10.5. The lowest BCUT2D eigenvalue weighted by molar-refractivity contribution is 0.622. The zero-order chi connectivity index (χ0) is 9.90. The molecule has 0 radical (unpaired) electrons. The van der Waals surface area contributed by atoms with Crippen LogP contribution in [0.4, 0.5) is 0 Å². The molecule has 1 heterocycles. The molecular formula is C10H16N2S. The third kappa shape index (κ3) is 2.71. The molecule has 1 aliphatic heterocycles. The molecule has 0 fully saturated rings. The molecule has 0 aromatic rings. The van der Waals surface area contributed by atoms with Crippen LogP contribution in [0.15, 0.2) is 28.1 Å². The van der Waals surface area contributed by atoms with Crippen LogP contribution in [0.2, 0.25) is 0 Å². The van der Waals surface area contributed by atoms with Crippen LogP contribution >= 0.6 is 11.8 Å². The molecular weight excluding hydrogens is 180 g/mol. The lowest BCUT2D eigenvalue weighted by Gasteiger charge is -2.21. The summed E-state index contributed by atoms with van der Waals surface area (Å²) in [4.78, 5) is 4.46. The van der Waals surface area contributed by atoms with Gasteiger partial charge in [-0.25, -0.2) is 0 Å². The van der Waals surface area contributed by atoms with Crippen molar-refractivity contribution in [2.45, 2.75) is 32.9 Å². The largest absolute Gasteiger partial charge is 0.304 e. The highest BCUT2D eigenvalue weighted by atomic mass is 32.2. The van der Waals surface area contributed by atoms with Crippen molar-refractivity contribution in [1.82, 2.24) is 0 Å². The second kappa shape index (κ2) is 4.11. The Labute approximate surface area is 84.0 Å². The van der Waals surface area contributed by atoms with Crippen LogP contribution in [-0.2, 0) is 0 Å². The van der Waals surface area contributed by atoms with Crippen molar-refractivity contribution in [2.24, 2.45) is 10.7 Å². The fourth-order valence-corrected chi connectivity index (χ4v) is 2.28. The smallest absolute Gasteiger partial charge is 0.126 e. The minimum absolute atomic E-state index is 0.524. The van der Waals surface area contributed by atoms with Gasteiger partial charge in [0, 0.05) is 0 Å². The topological polar surface area (TPSA) is 38.4 Å². The molecule has 1 atom stereocenters. The second-order valence-electron chi connectivity index (χ2n) is 3.23. The minimum atomic E-state index is -0.524. The fourth-order valence-electron chi connectivity index (χ4n) is 1.14. The molecule has 0 amide bonds. The van der Waals surface area contributed by atoms with Gasteiger partial charge in [0.2, 0.25) is 0 Å². The molecule has 0 aliphatic carbocycles. The Bertz CT molecular complexity index is 275. The van der Waals surface area contributed by atoms with Gasteiger partial charge in [-0.15, -0.1) is 0 Å². The highest BCUT2D eigenvalue weighted by molar-refractivity contribution is 8.17. The number of aliphatic imine (C=N–C) groups is 1. The third-order valence-corrected chi connectivity index (χ3v) is 2.78. The second-order valence-corrected chi connectivity index (χ2v) is 4.13. The average Bonchev–Trinajstić information content (AvgIpc) is 2.05. The Morgan fingerprint density at radius 3 is 2.92 bits per heavy atom. The van der Waals surface area contributed by atoms with Gasteiger partial charge in [-0.3, -0.25) is 4.99 Å². The van der Waals surface area contributed by atoms with Gasteiger partial charge in [-0.05, 0) is 37.3 Å². The van der Waals surface area contributed by atoms with E-state index in [2.05, 4.69) is 18.0 Å². The molecule has 0 spiro atoms. The summed E-state index contributed by atoms with van der Waals surface area (Å²) in [6.07, 6.45) is 5.03. The van der Waals surface area contributed by atoms with E-state index in [9.17, 15) is 0 Å². The Kier molecular flexibility index (Phi) is 3.33. The summed E-state index contributed by atoms with van der Waals surface area (Å²) >= 11 is 1.64. The maximum atomic E-state index is 5.90. The predicted molar refractivity (Wildman–Crippen MR) is 60.8 cm³/mol. The van der Waals surface area contributed by atoms with Crippen LogP contribution < -0.4 is 5.73 Å². The number of nitrogens with two attached hydrogens (primary N) is 1. The van der Waals surface area contributed by atoms with Crippen molar-refractivity contribution in [2.75, 3.05) is 0 Å². The molecule has 0 bridgehead atoms. The van der Waals surface area contributed by atoms with Crippen molar-refractivity contribution in [1.29, 1.82) is 0 Å². The van der Waals surface area contributed by atoms with Gasteiger partial charge in [0.15, 0.2) is 0 Å². The number of allylic oxidation sites excluding steroid dienone is 1. The molecule has 13 heavy (non-hydrogen) atoms. The Morgan fingerprint density at radius 1 is 1.77 bits per heavy atom. The average molecular weight is 196 g/mol. The lowest BCUT2D eigenvalue weighted by Crippen LogP contribution is -2.33. The molecule has 1 aliphatic rings. The maximum absolute atomic E-state index is 5.90. The van der Waals surface area contributed by atoms with Crippen LogP contribution in [0.5, 0.6) is 0 Å². The first-order valence-corrected chi connectivity index (χ1v) is 5.35. The molecule has 2 nitrogen and oxygen atoms in total. The Hall–Kier alpha value is -0.540. The van der Waals surface area contributed by atoms with Crippen LogP contribution in [0.25, 0.3) is 0 Å². The number of hydrogen-bond donors (Lipinski definition) is 1. The molecule has 0 aromatic heterocycles. The number of rotatable bonds is 2. The van der Waals surface area contributed by atoms with E-state index in [4.69, 9.17) is 5.73 Å². The summed E-state index contributed by atoms with van der Waals surface area (Å²) in [6, 6.07) is 0. The highest BCUT2D eigenvalue weighted by Crippen LogP contribution is 2.25. The van der Waals surface area contributed by atoms with Crippen molar-refractivity contribution >= 4 is 16.8 Å². The predicted octanol–water partition coefficient (Wildman–Crippen LogP) is 2.68. The van der Waals surface area contributed by atoms with E-state index in [1.165, 1.54) is 5.57 Å². The summed E-state index contributed by atoms with van der Waals surface area (Å²) in [6.45, 7) is 6.07. The fraction of sp³-hybridized carbons (Fsp3) is 0.500. The van der Waals surface area contributed by atoms with E-state index in [0.717, 1.165) is 11.5 Å².